The molecular weight excluding hydrogens is 228 g/mol. The van der Waals surface area contributed by atoms with Crippen molar-refractivity contribution >= 4 is 6.09 Å². The van der Waals surface area contributed by atoms with Gasteiger partial charge in [-0.3, -0.25) is 0 Å². The molecule has 0 aromatic carbocycles. The van der Waals surface area contributed by atoms with Gasteiger partial charge in [0.15, 0.2) is 0 Å². The fourth-order valence-corrected chi connectivity index (χ4v) is 2.32. The second kappa shape index (κ2) is 6.41. The van der Waals surface area contributed by atoms with E-state index in [2.05, 4.69) is 19.2 Å². The predicted octanol–water partition coefficient (Wildman–Crippen LogP) is 2.77. The van der Waals surface area contributed by atoms with Crippen molar-refractivity contribution < 1.29 is 9.53 Å². The third kappa shape index (κ3) is 4.48. The summed E-state index contributed by atoms with van der Waals surface area (Å²) in [5.74, 6) is 0. The number of piperidine rings is 1. The van der Waals surface area contributed by atoms with Crippen LogP contribution < -0.4 is 5.32 Å². The van der Waals surface area contributed by atoms with E-state index in [9.17, 15) is 4.79 Å². The molecular formula is C14H28N2O2. The predicted molar refractivity (Wildman–Crippen MR) is 73.7 cm³/mol. The Balaban J connectivity index is 2.57. The normalized spacial score (nSPS) is 25.1. The zero-order chi connectivity index (χ0) is 13.8. The Bertz CT molecular complexity index is 273. The molecule has 0 aliphatic carbocycles. The van der Waals surface area contributed by atoms with Crippen molar-refractivity contribution in [2.24, 2.45) is 0 Å². The molecule has 1 saturated heterocycles. The average Bonchev–Trinajstić information content (AvgIpc) is 2.25. The monoisotopic (exact) mass is 256 g/mol. The summed E-state index contributed by atoms with van der Waals surface area (Å²) >= 11 is 0. The van der Waals surface area contributed by atoms with Gasteiger partial charge >= 0.3 is 6.09 Å². The fourth-order valence-electron chi connectivity index (χ4n) is 2.32. The van der Waals surface area contributed by atoms with Crippen LogP contribution in [0, 0.1) is 0 Å². The molecule has 4 nitrogen and oxygen atoms in total. The minimum atomic E-state index is -0.416. The van der Waals surface area contributed by atoms with Gasteiger partial charge < -0.3 is 15.0 Å². The molecule has 1 amide bonds. The lowest BCUT2D eigenvalue weighted by Crippen LogP contribution is -2.55. The Hall–Kier alpha value is -0.770. The van der Waals surface area contributed by atoms with Crippen LogP contribution in [-0.4, -0.2) is 41.8 Å². The molecule has 1 aliphatic heterocycles. The van der Waals surface area contributed by atoms with Crippen LogP contribution in [0.25, 0.3) is 0 Å². The van der Waals surface area contributed by atoms with Crippen molar-refractivity contribution in [3.63, 3.8) is 0 Å². The van der Waals surface area contributed by atoms with Crippen LogP contribution in [0.4, 0.5) is 4.79 Å². The molecule has 2 unspecified atom stereocenters. The first-order chi connectivity index (χ1) is 8.35. The third-order valence-corrected chi connectivity index (χ3v) is 3.27. The number of hydrogen-bond acceptors (Lipinski definition) is 3. The van der Waals surface area contributed by atoms with Crippen molar-refractivity contribution in [1.29, 1.82) is 0 Å². The molecule has 106 valence electrons. The van der Waals surface area contributed by atoms with Crippen molar-refractivity contribution in [1.82, 2.24) is 10.2 Å². The van der Waals surface area contributed by atoms with Gasteiger partial charge in [0.25, 0.3) is 0 Å². The molecule has 1 heterocycles. The minimum absolute atomic E-state index is 0.182. The van der Waals surface area contributed by atoms with Crippen LogP contribution in [0.2, 0.25) is 0 Å². The molecule has 0 spiro atoms. The van der Waals surface area contributed by atoms with E-state index in [0.29, 0.717) is 6.04 Å². The SMILES string of the molecule is CCCNC1CCCN(C(=O)OC(C)(C)C)C1C. The van der Waals surface area contributed by atoms with Crippen molar-refractivity contribution in [2.45, 2.75) is 71.6 Å². The Morgan fingerprint density at radius 1 is 1.44 bits per heavy atom. The maximum atomic E-state index is 12.1. The zero-order valence-corrected chi connectivity index (χ0v) is 12.5. The first kappa shape index (κ1) is 15.3. The first-order valence-electron chi connectivity index (χ1n) is 7.08. The van der Waals surface area contributed by atoms with Gasteiger partial charge in [-0.25, -0.2) is 4.79 Å². The highest BCUT2D eigenvalue weighted by atomic mass is 16.6. The van der Waals surface area contributed by atoms with Crippen LogP contribution >= 0.6 is 0 Å². The fraction of sp³-hybridized carbons (Fsp3) is 0.929. The molecule has 0 saturated carbocycles. The summed E-state index contributed by atoms with van der Waals surface area (Å²) in [4.78, 5) is 14.0. The van der Waals surface area contributed by atoms with Gasteiger partial charge in [0.2, 0.25) is 0 Å². The Morgan fingerprint density at radius 3 is 2.67 bits per heavy atom. The molecule has 1 aliphatic rings. The molecule has 0 bridgehead atoms. The molecule has 1 N–H and O–H groups in total. The molecule has 0 radical (unpaired) electrons. The largest absolute Gasteiger partial charge is 0.444 e. The van der Waals surface area contributed by atoms with E-state index in [1.54, 1.807) is 0 Å². The second-order valence-electron chi connectivity index (χ2n) is 6.12. The Kier molecular flexibility index (Phi) is 5.45. The zero-order valence-electron chi connectivity index (χ0n) is 12.5. The van der Waals surface area contributed by atoms with Crippen LogP contribution in [0.15, 0.2) is 0 Å². The quantitative estimate of drug-likeness (QED) is 0.844. The number of ether oxygens (including phenoxy) is 1. The van der Waals surface area contributed by atoms with Gasteiger partial charge in [-0.15, -0.1) is 0 Å². The van der Waals surface area contributed by atoms with E-state index in [0.717, 1.165) is 32.4 Å². The van der Waals surface area contributed by atoms with E-state index in [-0.39, 0.29) is 12.1 Å². The smallest absolute Gasteiger partial charge is 0.410 e. The van der Waals surface area contributed by atoms with Crippen molar-refractivity contribution in [2.75, 3.05) is 13.1 Å². The third-order valence-electron chi connectivity index (χ3n) is 3.27. The number of hydrogen-bond donors (Lipinski definition) is 1. The van der Waals surface area contributed by atoms with Gasteiger partial charge in [0, 0.05) is 18.6 Å². The average molecular weight is 256 g/mol. The summed E-state index contributed by atoms with van der Waals surface area (Å²) in [5, 5.41) is 3.52. The molecule has 1 fully saturated rings. The standard InChI is InChI=1S/C14H28N2O2/c1-6-9-15-12-8-7-10-16(11(12)2)13(17)18-14(3,4)5/h11-12,15H,6-10H2,1-5H3. The van der Waals surface area contributed by atoms with Gasteiger partial charge in [0.05, 0.1) is 0 Å². The van der Waals surface area contributed by atoms with Crippen LogP contribution in [0.3, 0.4) is 0 Å². The van der Waals surface area contributed by atoms with Crippen LogP contribution in [0.1, 0.15) is 53.9 Å². The summed E-state index contributed by atoms with van der Waals surface area (Å²) < 4.78 is 5.46. The lowest BCUT2D eigenvalue weighted by molar-refractivity contribution is 0.00713. The minimum Gasteiger partial charge on any atom is -0.444 e. The summed E-state index contributed by atoms with van der Waals surface area (Å²) in [6.45, 7) is 11.8. The first-order valence-corrected chi connectivity index (χ1v) is 7.08. The van der Waals surface area contributed by atoms with Gasteiger partial charge in [0.1, 0.15) is 5.60 Å². The summed E-state index contributed by atoms with van der Waals surface area (Å²) in [6, 6.07) is 0.603. The van der Waals surface area contributed by atoms with E-state index in [1.807, 2.05) is 25.7 Å². The Morgan fingerprint density at radius 2 is 2.11 bits per heavy atom. The van der Waals surface area contributed by atoms with Crippen LogP contribution in [-0.2, 0) is 4.74 Å². The van der Waals surface area contributed by atoms with Crippen molar-refractivity contribution in [3.8, 4) is 0 Å². The lowest BCUT2D eigenvalue weighted by atomic mass is 9.98. The number of carbonyl (C=O) groups is 1. The molecule has 0 aromatic rings. The molecule has 1 rings (SSSR count). The van der Waals surface area contributed by atoms with Crippen molar-refractivity contribution in [3.05, 3.63) is 0 Å². The number of likely N-dealkylation sites (tertiary alicyclic amines) is 1. The Labute approximate surface area is 111 Å². The van der Waals surface area contributed by atoms with E-state index < -0.39 is 5.60 Å². The van der Waals surface area contributed by atoms with Gasteiger partial charge in [-0.2, -0.15) is 0 Å². The number of nitrogens with zero attached hydrogens (tertiary/aromatic N) is 1. The molecule has 4 heteroatoms. The maximum absolute atomic E-state index is 12.1. The number of nitrogens with one attached hydrogen (secondary N) is 1. The number of rotatable bonds is 3. The molecule has 0 aromatic heterocycles. The number of carbonyl (C=O) groups excluding carboxylic acids is 1. The highest BCUT2D eigenvalue weighted by Gasteiger charge is 2.33. The van der Waals surface area contributed by atoms with Crippen LogP contribution in [0.5, 0.6) is 0 Å². The number of amides is 1. The highest BCUT2D eigenvalue weighted by Crippen LogP contribution is 2.20. The highest BCUT2D eigenvalue weighted by molar-refractivity contribution is 5.68. The van der Waals surface area contributed by atoms with Gasteiger partial charge in [-0.1, -0.05) is 6.92 Å². The summed E-state index contributed by atoms with van der Waals surface area (Å²) in [5.41, 5.74) is -0.416. The van der Waals surface area contributed by atoms with E-state index in [4.69, 9.17) is 4.74 Å². The second-order valence-corrected chi connectivity index (χ2v) is 6.12. The maximum Gasteiger partial charge on any atom is 0.410 e. The topological polar surface area (TPSA) is 41.6 Å². The lowest BCUT2D eigenvalue weighted by Gasteiger charge is -2.40. The summed E-state index contributed by atoms with van der Waals surface area (Å²) in [7, 11) is 0. The summed E-state index contributed by atoms with van der Waals surface area (Å²) in [6.07, 6.45) is 3.12. The molecule has 18 heavy (non-hydrogen) atoms. The van der Waals surface area contributed by atoms with Gasteiger partial charge in [-0.05, 0) is 53.5 Å². The van der Waals surface area contributed by atoms with E-state index >= 15 is 0 Å². The molecule has 2 atom stereocenters. The van der Waals surface area contributed by atoms with E-state index in [1.165, 1.54) is 0 Å².